The van der Waals surface area contributed by atoms with Gasteiger partial charge in [-0.1, -0.05) is 0 Å². The Morgan fingerprint density at radius 1 is 1.50 bits per heavy atom. The number of fused-ring (bicyclic) bond motifs is 2. The fourth-order valence-electron chi connectivity index (χ4n) is 2.88. The fourth-order valence-corrected chi connectivity index (χ4v) is 3.18. The van der Waals surface area contributed by atoms with Crippen LogP contribution in [0.25, 0.3) is 5.65 Å². The van der Waals surface area contributed by atoms with Crippen molar-refractivity contribution in [1.82, 2.24) is 24.5 Å². The Morgan fingerprint density at radius 3 is 3.12 bits per heavy atom. The third kappa shape index (κ3) is 2.35. The van der Waals surface area contributed by atoms with Gasteiger partial charge in [0.05, 0.1) is 17.6 Å². The highest BCUT2D eigenvalue weighted by Gasteiger charge is 2.33. The molecular weight excluding hydrogens is 378 g/mol. The zero-order valence-corrected chi connectivity index (χ0v) is 14.6. The highest BCUT2D eigenvalue weighted by molar-refractivity contribution is 9.10. The van der Waals surface area contributed by atoms with Gasteiger partial charge in [-0.3, -0.25) is 4.79 Å². The van der Waals surface area contributed by atoms with E-state index in [4.69, 9.17) is 9.15 Å². The molecule has 0 aliphatic carbocycles. The lowest BCUT2D eigenvalue weighted by Crippen LogP contribution is -2.39. The highest BCUT2D eigenvalue weighted by Crippen LogP contribution is 2.32. The quantitative estimate of drug-likeness (QED) is 0.665. The molecule has 8 nitrogen and oxygen atoms in total. The number of hydrogen-bond acceptors (Lipinski definition) is 6. The first-order valence-electron chi connectivity index (χ1n) is 7.42. The smallest absolute Gasteiger partial charge is 0.393 e. The Bertz CT molecular complexity index is 934. The van der Waals surface area contributed by atoms with Gasteiger partial charge in [0.25, 0.3) is 5.91 Å². The lowest BCUT2D eigenvalue weighted by atomic mass is 10.0. The van der Waals surface area contributed by atoms with Crippen molar-refractivity contribution >= 4 is 27.5 Å². The second-order valence-electron chi connectivity index (χ2n) is 5.52. The Hall–Kier alpha value is -2.42. The maximum Gasteiger partial charge on any atom is 0.393 e. The van der Waals surface area contributed by atoms with Crippen LogP contribution in [0.3, 0.4) is 0 Å². The topological polar surface area (TPSA) is 85.8 Å². The van der Waals surface area contributed by atoms with Gasteiger partial charge in [0.15, 0.2) is 11.3 Å². The number of hydrogen-bond donors (Lipinski definition) is 0. The molecule has 1 aliphatic heterocycles. The van der Waals surface area contributed by atoms with Crippen molar-refractivity contribution in [3.63, 3.8) is 0 Å². The molecule has 0 bridgehead atoms. The standard InChI is InChI=1S/C15H14BrN5O3/c1-8-13-11(24-15(18-13)23-2)3-4-20(8)14(22)10-5-12-17-6-9(16)7-21(12)19-10/h5-8H,3-4H2,1-2H3. The van der Waals surface area contributed by atoms with Crippen molar-refractivity contribution in [2.75, 3.05) is 13.7 Å². The number of amides is 1. The first kappa shape index (κ1) is 15.1. The van der Waals surface area contributed by atoms with Crippen molar-refractivity contribution in [2.24, 2.45) is 0 Å². The van der Waals surface area contributed by atoms with Crippen molar-refractivity contribution < 1.29 is 13.9 Å². The molecule has 0 saturated heterocycles. The summed E-state index contributed by atoms with van der Waals surface area (Å²) in [5.74, 6) is 0.612. The number of carbonyl (C=O) groups excluding carboxylic acids is 1. The summed E-state index contributed by atoms with van der Waals surface area (Å²) >= 11 is 3.34. The number of oxazole rings is 1. The number of aromatic nitrogens is 4. The van der Waals surface area contributed by atoms with Crippen LogP contribution in [0.4, 0.5) is 0 Å². The minimum Gasteiger partial charge on any atom is -0.454 e. The molecule has 124 valence electrons. The molecule has 3 aromatic rings. The van der Waals surface area contributed by atoms with Crippen LogP contribution in [0.5, 0.6) is 6.08 Å². The molecular formula is C15H14BrN5O3. The van der Waals surface area contributed by atoms with Crippen LogP contribution in [-0.2, 0) is 6.42 Å². The van der Waals surface area contributed by atoms with Crippen molar-refractivity contribution in [3.8, 4) is 6.08 Å². The number of ether oxygens (including phenoxy) is 1. The Balaban J connectivity index is 1.66. The first-order valence-corrected chi connectivity index (χ1v) is 8.21. The van der Waals surface area contributed by atoms with E-state index in [2.05, 4.69) is 31.0 Å². The number of nitrogens with zero attached hydrogens (tertiary/aromatic N) is 5. The molecule has 1 atom stereocenters. The van der Waals surface area contributed by atoms with Crippen LogP contribution in [0.15, 0.2) is 27.3 Å². The van der Waals surface area contributed by atoms with Gasteiger partial charge in [-0.2, -0.15) is 10.1 Å². The average molecular weight is 392 g/mol. The van der Waals surface area contributed by atoms with Crippen LogP contribution < -0.4 is 4.74 Å². The molecule has 4 rings (SSSR count). The van der Waals surface area contributed by atoms with Gasteiger partial charge in [0, 0.05) is 31.4 Å². The van der Waals surface area contributed by atoms with Gasteiger partial charge in [0.2, 0.25) is 0 Å². The summed E-state index contributed by atoms with van der Waals surface area (Å²) in [7, 11) is 1.51. The Kier molecular flexibility index (Phi) is 3.52. The van der Waals surface area contributed by atoms with E-state index in [0.29, 0.717) is 24.3 Å². The number of rotatable bonds is 2. The van der Waals surface area contributed by atoms with Gasteiger partial charge in [-0.15, -0.1) is 0 Å². The van der Waals surface area contributed by atoms with Gasteiger partial charge in [-0.25, -0.2) is 9.50 Å². The SMILES string of the molecule is COc1nc2c(o1)CCN(C(=O)c1cc3ncc(Br)cn3n1)C2C. The van der Waals surface area contributed by atoms with E-state index < -0.39 is 0 Å². The molecule has 0 fully saturated rings. The molecule has 1 unspecified atom stereocenters. The van der Waals surface area contributed by atoms with Crippen molar-refractivity contribution in [2.45, 2.75) is 19.4 Å². The number of halogens is 1. The van der Waals surface area contributed by atoms with Crippen LogP contribution in [0.1, 0.15) is 34.9 Å². The Labute approximate surface area is 145 Å². The third-order valence-corrected chi connectivity index (χ3v) is 4.50. The number of methoxy groups -OCH3 is 1. The molecule has 3 aromatic heterocycles. The van der Waals surface area contributed by atoms with Gasteiger partial charge in [0.1, 0.15) is 11.5 Å². The second-order valence-corrected chi connectivity index (χ2v) is 6.44. The predicted octanol–water partition coefficient (Wildman–Crippen LogP) is 2.25. The predicted molar refractivity (Wildman–Crippen MR) is 86.9 cm³/mol. The summed E-state index contributed by atoms with van der Waals surface area (Å²) in [4.78, 5) is 23.2. The van der Waals surface area contributed by atoms with E-state index in [1.807, 2.05) is 6.92 Å². The summed E-state index contributed by atoms with van der Waals surface area (Å²) in [6.45, 7) is 2.46. The maximum atomic E-state index is 12.9. The maximum absolute atomic E-state index is 12.9. The summed E-state index contributed by atoms with van der Waals surface area (Å²) in [5, 5.41) is 4.32. The molecule has 0 N–H and O–H groups in total. The first-order chi connectivity index (χ1) is 11.6. The lowest BCUT2D eigenvalue weighted by Gasteiger charge is -2.31. The minimum absolute atomic E-state index is 0.156. The van der Waals surface area contributed by atoms with Crippen molar-refractivity contribution in [3.05, 3.63) is 40.1 Å². The fraction of sp³-hybridized carbons (Fsp3) is 0.333. The molecule has 0 aromatic carbocycles. The lowest BCUT2D eigenvalue weighted by molar-refractivity contribution is 0.0661. The molecule has 0 radical (unpaired) electrons. The molecule has 1 amide bonds. The molecule has 24 heavy (non-hydrogen) atoms. The minimum atomic E-state index is -0.210. The largest absolute Gasteiger partial charge is 0.454 e. The van der Waals surface area contributed by atoms with E-state index in [1.165, 1.54) is 7.11 Å². The normalized spacial score (nSPS) is 17.1. The van der Waals surface area contributed by atoms with Crippen LogP contribution in [-0.4, -0.2) is 44.0 Å². The molecule has 4 heterocycles. The van der Waals surface area contributed by atoms with Gasteiger partial charge >= 0.3 is 6.08 Å². The average Bonchev–Trinajstić information content (AvgIpc) is 3.18. The third-order valence-electron chi connectivity index (χ3n) is 4.09. The van der Waals surface area contributed by atoms with Crippen LogP contribution in [0, 0.1) is 0 Å². The van der Waals surface area contributed by atoms with Gasteiger partial charge in [-0.05, 0) is 22.9 Å². The van der Waals surface area contributed by atoms with E-state index in [1.54, 1.807) is 27.9 Å². The zero-order chi connectivity index (χ0) is 16.8. The van der Waals surface area contributed by atoms with E-state index in [9.17, 15) is 4.79 Å². The summed E-state index contributed by atoms with van der Waals surface area (Å²) in [6, 6.07) is 1.47. The summed E-state index contributed by atoms with van der Waals surface area (Å²) in [5.41, 5.74) is 1.71. The van der Waals surface area contributed by atoms with E-state index in [0.717, 1.165) is 15.9 Å². The van der Waals surface area contributed by atoms with Crippen LogP contribution in [0.2, 0.25) is 0 Å². The molecule has 9 heteroatoms. The van der Waals surface area contributed by atoms with E-state index in [-0.39, 0.29) is 18.0 Å². The molecule has 0 saturated carbocycles. The number of carbonyl (C=O) groups is 1. The summed E-state index contributed by atoms with van der Waals surface area (Å²) < 4.78 is 12.9. The summed E-state index contributed by atoms with van der Waals surface area (Å²) in [6.07, 6.45) is 4.25. The van der Waals surface area contributed by atoms with Gasteiger partial charge < -0.3 is 14.1 Å². The highest BCUT2D eigenvalue weighted by atomic mass is 79.9. The molecule has 1 aliphatic rings. The van der Waals surface area contributed by atoms with E-state index >= 15 is 0 Å². The van der Waals surface area contributed by atoms with Crippen LogP contribution >= 0.6 is 15.9 Å². The monoisotopic (exact) mass is 391 g/mol. The van der Waals surface area contributed by atoms with Crippen molar-refractivity contribution in [1.29, 1.82) is 0 Å². The Morgan fingerprint density at radius 2 is 2.33 bits per heavy atom. The second kappa shape index (κ2) is 5.59. The zero-order valence-electron chi connectivity index (χ0n) is 13.1. The molecule has 0 spiro atoms.